The third-order valence-electron chi connectivity index (χ3n) is 1.31. The zero-order valence-electron chi connectivity index (χ0n) is 6.34. The molecule has 0 N–H and O–H groups in total. The Balaban J connectivity index is 2.86. The molecule has 1 aromatic rings. The van der Waals surface area contributed by atoms with E-state index in [9.17, 15) is 18.0 Å². The lowest BCUT2D eigenvalue weighted by molar-refractivity contribution is 0.0580. The summed E-state index contributed by atoms with van der Waals surface area (Å²) in [7, 11) is 0. The number of nitrogens with zero attached hydrogens (tertiary/aromatic N) is 1. The molecule has 1 amide bonds. The number of carbonyl (C=O) groups excluding carboxylic acids is 1. The smallest absolute Gasteiger partial charge is 0.293 e. The van der Waals surface area contributed by atoms with Crippen molar-refractivity contribution in [3.8, 4) is 0 Å². The molecular weight excluding hydrogens is 197 g/mol. The fourth-order valence-electron chi connectivity index (χ4n) is 0.750. The second-order valence-corrected chi connectivity index (χ2v) is 2.89. The molecule has 0 aliphatic carbocycles. The minimum absolute atomic E-state index is 0.0193. The van der Waals surface area contributed by atoms with Gasteiger partial charge in [0.05, 0.1) is 11.3 Å². The molecule has 0 spiro atoms. The van der Waals surface area contributed by atoms with Crippen molar-refractivity contribution in [2.45, 2.75) is 0 Å². The van der Waals surface area contributed by atoms with Gasteiger partial charge >= 0.3 is 0 Å². The molecule has 0 saturated carbocycles. The number of halogens is 1. The Morgan fingerprint density at radius 2 is 1.92 bits per heavy atom. The highest BCUT2D eigenvalue weighted by atomic mass is 32.2. The molecule has 0 aliphatic rings. The van der Waals surface area contributed by atoms with Crippen LogP contribution in [0.1, 0.15) is 10.4 Å². The number of amides is 1. The average Bonchev–Trinajstić information content (AvgIpc) is 2.17. The number of hydrogen-bond donors (Lipinski definition) is 0. The van der Waals surface area contributed by atoms with E-state index in [-0.39, 0.29) is 5.56 Å². The first kappa shape index (κ1) is 9.82. The van der Waals surface area contributed by atoms with Gasteiger partial charge in [0.1, 0.15) is 0 Å². The first-order chi connectivity index (χ1) is 6.13. The maximum absolute atomic E-state index is 12.5. The highest BCUT2D eigenvalue weighted by molar-refractivity contribution is 7.77. The van der Waals surface area contributed by atoms with E-state index in [1.165, 1.54) is 24.3 Å². The standard InChI is InChI=1S/C7H6FNO3S/c8-9(13(11)12)7(10)6-4-2-1-3-5-6/h1-5H,(H,11,12)/p-1. The number of carbonyl (C=O) groups is 1. The van der Waals surface area contributed by atoms with Crippen LogP contribution in [0.3, 0.4) is 0 Å². The fourth-order valence-corrected chi connectivity index (χ4v) is 0.991. The van der Waals surface area contributed by atoms with E-state index < -0.39 is 21.7 Å². The van der Waals surface area contributed by atoms with Crippen molar-refractivity contribution in [2.24, 2.45) is 0 Å². The van der Waals surface area contributed by atoms with E-state index in [4.69, 9.17) is 0 Å². The van der Waals surface area contributed by atoms with Gasteiger partial charge in [-0.15, -0.1) is 0 Å². The normalized spacial score (nSPS) is 12.2. The summed E-state index contributed by atoms with van der Waals surface area (Å²) >= 11 is -3.17. The predicted molar refractivity (Wildman–Crippen MR) is 42.6 cm³/mol. The van der Waals surface area contributed by atoms with Crippen LogP contribution in [-0.4, -0.2) is 19.2 Å². The van der Waals surface area contributed by atoms with Gasteiger partial charge < -0.3 is 4.55 Å². The molecular formula is C7H5FNO3S-. The van der Waals surface area contributed by atoms with Crippen molar-refractivity contribution < 1.29 is 18.0 Å². The molecule has 1 aromatic carbocycles. The molecule has 0 aliphatic heterocycles. The summed E-state index contributed by atoms with van der Waals surface area (Å²) in [6, 6.07) is 7.29. The molecule has 1 atom stereocenters. The topological polar surface area (TPSA) is 60.4 Å². The minimum atomic E-state index is -3.17. The quantitative estimate of drug-likeness (QED) is 0.526. The Hall–Kier alpha value is -1.27. The van der Waals surface area contributed by atoms with E-state index >= 15 is 0 Å². The predicted octanol–water partition coefficient (Wildman–Crippen LogP) is 0.807. The Bertz CT molecular complexity index is 330. The Morgan fingerprint density at radius 3 is 2.38 bits per heavy atom. The van der Waals surface area contributed by atoms with Crippen LogP contribution < -0.4 is 0 Å². The van der Waals surface area contributed by atoms with Gasteiger partial charge in [0.25, 0.3) is 5.91 Å². The molecule has 1 unspecified atom stereocenters. The number of hydrogen-bond acceptors (Lipinski definition) is 3. The first-order valence-corrected chi connectivity index (χ1v) is 4.31. The molecule has 1 rings (SSSR count). The van der Waals surface area contributed by atoms with Crippen molar-refractivity contribution in [2.75, 3.05) is 0 Å². The zero-order chi connectivity index (χ0) is 9.84. The molecule has 0 aromatic heterocycles. The fraction of sp³-hybridized carbons (Fsp3) is 0. The lowest BCUT2D eigenvalue weighted by Crippen LogP contribution is -2.24. The summed E-state index contributed by atoms with van der Waals surface area (Å²) in [5.41, 5.74) is -0.0193. The Morgan fingerprint density at radius 1 is 1.38 bits per heavy atom. The van der Waals surface area contributed by atoms with E-state index in [1.807, 2.05) is 0 Å². The molecule has 6 heteroatoms. The highest BCUT2D eigenvalue weighted by Crippen LogP contribution is 2.05. The van der Waals surface area contributed by atoms with Crippen molar-refractivity contribution in [3.63, 3.8) is 0 Å². The summed E-state index contributed by atoms with van der Waals surface area (Å²) in [5.74, 6) is -1.20. The number of benzene rings is 1. The van der Waals surface area contributed by atoms with Crippen molar-refractivity contribution in [3.05, 3.63) is 35.9 Å². The van der Waals surface area contributed by atoms with Gasteiger partial charge in [0, 0.05) is 5.56 Å². The molecule has 0 saturated heterocycles. The first-order valence-electron chi connectivity index (χ1n) is 3.27. The van der Waals surface area contributed by atoms with Crippen LogP contribution in [0.4, 0.5) is 4.48 Å². The maximum atomic E-state index is 12.5. The zero-order valence-corrected chi connectivity index (χ0v) is 7.16. The van der Waals surface area contributed by atoms with E-state index in [0.717, 1.165) is 0 Å². The van der Waals surface area contributed by atoms with Crippen molar-refractivity contribution in [1.82, 2.24) is 4.53 Å². The van der Waals surface area contributed by atoms with E-state index in [1.54, 1.807) is 6.07 Å². The Kier molecular flexibility index (Phi) is 3.10. The molecule has 4 nitrogen and oxygen atoms in total. The van der Waals surface area contributed by atoms with Gasteiger partial charge in [0.15, 0.2) is 0 Å². The highest BCUT2D eigenvalue weighted by Gasteiger charge is 2.14. The van der Waals surface area contributed by atoms with Gasteiger partial charge in [-0.2, -0.15) is 0 Å². The van der Waals surface area contributed by atoms with Gasteiger partial charge in [0.2, 0.25) is 0 Å². The third kappa shape index (κ3) is 2.33. The van der Waals surface area contributed by atoms with Crippen LogP contribution in [0.2, 0.25) is 0 Å². The van der Waals surface area contributed by atoms with Crippen molar-refractivity contribution in [1.29, 1.82) is 0 Å². The minimum Gasteiger partial charge on any atom is -0.753 e. The summed E-state index contributed by atoms with van der Waals surface area (Å²) in [6.07, 6.45) is 0. The largest absolute Gasteiger partial charge is 0.753 e. The van der Waals surface area contributed by atoms with Gasteiger partial charge in [-0.1, -0.05) is 27.2 Å². The summed E-state index contributed by atoms with van der Waals surface area (Å²) in [6.45, 7) is 0. The van der Waals surface area contributed by atoms with Crippen LogP contribution in [0, 0.1) is 0 Å². The van der Waals surface area contributed by atoms with E-state index in [2.05, 4.69) is 0 Å². The second-order valence-electron chi connectivity index (χ2n) is 2.13. The van der Waals surface area contributed by atoms with Crippen molar-refractivity contribution >= 4 is 17.2 Å². The molecule has 70 valence electrons. The molecule has 0 bridgehead atoms. The summed E-state index contributed by atoms with van der Waals surface area (Å²) in [5, 5.41) is 0. The van der Waals surface area contributed by atoms with Gasteiger partial charge in [-0.25, -0.2) is 4.21 Å². The third-order valence-corrected chi connectivity index (χ3v) is 1.74. The second kappa shape index (κ2) is 4.11. The SMILES string of the molecule is O=C(c1ccccc1)N(F)S(=O)[O-]. The van der Waals surface area contributed by atoms with Crippen LogP contribution in [0.15, 0.2) is 30.3 Å². The Labute approximate surface area is 76.3 Å². The van der Waals surface area contributed by atoms with Gasteiger partial charge in [-0.05, 0) is 12.1 Å². The number of rotatable bonds is 2. The van der Waals surface area contributed by atoms with Crippen LogP contribution in [0.25, 0.3) is 0 Å². The summed E-state index contributed by atoms with van der Waals surface area (Å²) < 4.78 is 31.7. The molecule has 0 radical (unpaired) electrons. The van der Waals surface area contributed by atoms with Crippen LogP contribution in [-0.2, 0) is 11.3 Å². The monoisotopic (exact) mass is 202 g/mol. The van der Waals surface area contributed by atoms with E-state index in [0.29, 0.717) is 0 Å². The average molecular weight is 202 g/mol. The lowest BCUT2D eigenvalue weighted by Gasteiger charge is -2.12. The van der Waals surface area contributed by atoms with Crippen LogP contribution >= 0.6 is 0 Å². The maximum Gasteiger partial charge on any atom is 0.293 e. The van der Waals surface area contributed by atoms with Gasteiger partial charge in [-0.3, -0.25) is 4.79 Å². The van der Waals surface area contributed by atoms with Crippen LogP contribution in [0.5, 0.6) is 0 Å². The molecule has 0 heterocycles. The molecule has 0 fully saturated rings. The molecule has 13 heavy (non-hydrogen) atoms. The summed E-state index contributed by atoms with van der Waals surface area (Å²) in [4.78, 5) is 10.9. The lowest BCUT2D eigenvalue weighted by atomic mass is 10.2.